The van der Waals surface area contributed by atoms with E-state index in [1.807, 2.05) is 0 Å². The first kappa shape index (κ1) is 14.0. The van der Waals surface area contributed by atoms with Crippen LogP contribution in [0.2, 0.25) is 5.28 Å². The molecule has 8 nitrogen and oxygen atoms in total. The van der Waals surface area contributed by atoms with Gasteiger partial charge >= 0.3 is 0 Å². The van der Waals surface area contributed by atoms with Crippen LogP contribution in [0.15, 0.2) is 4.52 Å². The lowest BCUT2D eigenvalue weighted by atomic mass is 10.4. The van der Waals surface area contributed by atoms with Gasteiger partial charge in [0.2, 0.25) is 23.1 Å². The van der Waals surface area contributed by atoms with Crippen molar-refractivity contribution in [2.75, 3.05) is 29.9 Å². The molecule has 1 saturated heterocycles. The van der Waals surface area contributed by atoms with Gasteiger partial charge in [0.15, 0.2) is 5.82 Å². The highest BCUT2D eigenvalue weighted by Crippen LogP contribution is 2.18. The molecule has 0 saturated carbocycles. The lowest BCUT2D eigenvalue weighted by Gasteiger charge is -2.15. The van der Waals surface area contributed by atoms with E-state index in [1.165, 1.54) is 0 Å². The second-order valence-corrected chi connectivity index (χ2v) is 5.17. The van der Waals surface area contributed by atoms with E-state index in [1.54, 1.807) is 6.92 Å². The molecule has 0 atom stereocenters. The maximum Gasteiger partial charge on any atom is 0.231 e. The average Bonchev–Trinajstić information content (AvgIpc) is 3.10. The van der Waals surface area contributed by atoms with Crippen molar-refractivity contribution in [1.82, 2.24) is 25.1 Å². The van der Waals surface area contributed by atoms with E-state index in [0.29, 0.717) is 36.6 Å². The number of nitrogens with one attached hydrogen (secondary N) is 1. The quantitative estimate of drug-likeness (QED) is 0.887. The largest absolute Gasteiger partial charge is 0.354 e. The third-order valence-corrected chi connectivity index (χ3v) is 3.35. The summed E-state index contributed by atoms with van der Waals surface area (Å²) in [5.74, 6) is 2.31. The summed E-state index contributed by atoms with van der Waals surface area (Å²) in [6, 6.07) is 0. The van der Waals surface area contributed by atoms with E-state index in [-0.39, 0.29) is 5.28 Å². The molecule has 1 N–H and O–H groups in total. The number of hydrogen-bond donors (Lipinski definition) is 1. The van der Waals surface area contributed by atoms with Crippen LogP contribution in [0.5, 0.6) is 0 Å². The highest BCUT2D eigenvalue weighted by Gasteiger charge is 2.16. The fourth-order valence-electron chi connectivity index (χ4n) is 2.20. The maximum atomic E-state index is 5.96. The van der Waals surface area contributed by atoms with Crippen molar-refractivity contribution in [2.24, 2.45) is 0 Å². The zero-order valence-corrected chi connectivity index (χ0v) is 12.5. The molecule has 112 valence electrons. The Labute approximate surface area is 126 Å². The number of aromatic nitrogens is 5. The van der Waals surface area contributed by atoms with Crippen LogP contribution in [0.4, 0.5) is 11.9 Å². The molecular formula is C12H16ClN7O. The molecule has 3 heterocycles. The minimum Gasteiger partial charge on any atom is -0.354 e. The Morgan fingerprint density at radius 1 is 1.19 bits per heavy atom. The van der Waals surface area contributed by atoms with Crippen molar-refractivity contribution >= 4 is 23.5 Å². The molecule has 0 unspecified atom stereocenters. The van der Waals surface area contributed by atoms with Crippen LogP contribution in [0, 0.1) is 6.92 Å². The minimum atomic E-state index is 0.197. The molecule has 0 bridgehead atoms. The number of anilines is 2. The van der Waals surface area contributed by atoms with E-state index < -0.39 is 0 Å². The fraction of sp³-hybridized carbons (Fsp3) is 0.583. The Kier molecular flexibility index (Phi) is 4.14. The first-order valence-electron chi connectivity index (χ1n) is 6.90. The normalized spacial score (nSPS) is 14.7. The van der Waals surface area contributed by atoms with Crippen LogP contribution >= 0.6 is 11.6 Å². The van der Waals surface area contributed by atoms with Gasteiger partial charge in [-0.25, -0.2) is 0 Å². The zero-order chi connectivity index (χ0) is 14.7. The molecule has 1 fully saturated rings. The predicted molar refractivity (Wildman–Crippen MR) is 77.5 cm³/mol. The Morgan fingerprint density at radius 2 is 2.00 bits per heavy atom. The van der Waals surface area contributed by atoms with Gasteiger partial charge in [0.05, 0.1) is 0 Å². The lowest BCUT2D eigenvalue weighted by Crippen LogP contribution is -2.21. The summed E-state index contributed by atoms with van der Waals surface area (Å²) in [6.07, 6.45) is 2.91. The number of aryl methyl sites for hydroxylation is 1. The van der Waals surface area contributed by atoms with Crippen molar-refractivity contribution in [3.8, 4) is 0 Å². The molecular weight excluding hydrogens is 294 g/mol. The average molecular weight is 310 g/mol. The third-order valence-electron chi connectivity index (χ3n) is 3.18. The Bertz CT molecular complexity index is 611. The van der Waals surface area contributed by atoms with Gasteiger partial charge in [-0.05, 0) is 31.4 Å². The number of nitrogens with zero attached hydrogens (tertiary/aromatic N) is 6. The van der Waals surface area contributed by atoms with Crippen LogP contribution in [-0.2, 0) is 6.42 Å². The summed E-state index contributed by atoms with van der Waals surface area (Å²) in [6.45, 7) is 4.29. The Hall–Kier alpha value is -1.96. The monoisotopic (exact) mass is 309 g/mol. The molecule has 1 aliphatic rings. The number of rotatable bonds is 5. The van der Waals surface area contributed by atoms with Gasteiger partial charge < -0.3 is 14.7 Å². The summed E-state index contributed by atoms with van der Waals surface area (Å²) in [5.41, 5.74) is 0. The van der Waals surface area contributed by atoms with Gasteiger partial charge in [-0.2, -0.15) is 19.9 Å². The first-order chi connectivity index (χ1) is 10.2. The summed E-state index contributed by atoms with van der Waals surface area (Å²) in [4.78, 5) is 18.9. The van der Waals surface area contributed by atoms with Crippen LogP contribution in [0.25, 0.3) is 0 Å². The fourth-order valence-corrected chi connectivity index (χ4v) is 2.36. The molecule has 1 aliphatic heterocycles. The van der Waals surface area contributed by atoms with Gasteiger partial charge in [0.1, 0.15) is 0 Å². The lowest BCUT2D eigenvalue weighted by molar-refractivity contribution is 0.377. The van der Waals surface area contributed by atoms with Crippen LogP contribution < -0.4 is 10.2 Å². The van der Waals surface area contributed by atoms with Crippen LogP contribution in [-0.4, -0.2) is 44.7 Å². The van der Waals surface area contributed by atoms with E-state index in [4.69, 9.17) is 16.1 Å². The molecule has 3 rings (SSSR count). The third kappa shape index (κ3) is 3.57. The van der Waals surface area contributed by atoms with Crippen LogP contribution in [0.1, 0.15) is 24.6 Å². The summed E-state index contributed by atoms with van der Waals surface area (Å²) in [5, 5.41) is 7.04. The second-order valence-electron chi connectivity index (χ2n) is 4.83. The smallest absolute Gasteiger partial charge is 0.231 e. The molecule has 0 aromatic carbocycles. The van der Waals surface area contributed by atoms with Gasteiger partial charge in [0, 0.05) is 26.1 Å². The molecule has 9 heteroatoms. The van der Waals surface area contributed by atoms with E-state index >= 15 is 0 Å². The van der Waals surface area contributed by atoms with Gasteiger partial charge in [-0.3, -0.25) is 0 Å². The van der Waals surface area contributed by atoms with E-state index in [0.717, 1.165) is 25.9 Å². The van der Waals surface area contributed by atoms with Crippen LogP contribution in [0.3, 0.4) is 0 Å². The topological polar surface area (TPSA) is 92.9 Å². The van der Waals surface area contributed by atoms with Gasteiger partial charge in [-0.1, -0.05) is 5.16 Å². The van der Waals surface area contributed by atoms with Gasteiger partial charge in [-0.15, -0.1) is 0 Å². The first-order valence-corrected chi connectivity index (χ1v) is 7.28. The molecule has 21 heavy (non-hydrogen) atoms. The predicted octanol–water partition coefficient (Wildman–Crippen LogP) is 1.47. The van der Waals surface area contributed by atoms with Crippen molar-refractivity contribution in [3.05, 3.63) is 17.0 Å². The molecule has 2 aromatic rings. The van der Waals surface area contributed by atoms with Gasteiger partial charge in [0.25, 0.3) is 0 Å². The maximum absolute atomic E-state index is 5.96. The summed E-state index contributed by atoms with van der Waals surface area (Å²) >= 11 is 5.96. The molecule has 2 aromatic heterocycles. The molecule has 0 aliphatic carbocycles. The highest BCUT2D eigenvalue weighted by atomic mass is 35.5. The summed E-state index contributed by atoms with van der Waals surface area (Å²) < 4.78 is 5.04. The Balaban J connectivity index is 1.61. The minimum absolute atomic E-state index is 0.197. The van der Waals surface area contributed by atoms with Crippen molar-refractivity contribution < 1.29 is 4.52 Å². The number of hydrogen-bond acceptors (Lipinski definition) is 8. The van der Waals surface area contributed by atoms with E-state index in [9.17, 15) is 0 Å². The van der Waals surface area contributed by atoms with E-state index in [2.05, 4.69) is 35.3 Å². The molecule has 0 spiro atoms. The van der Waals surface area contributed by atoms with Crippen molar-refractivity contribution in [2.45, 2.75) is 26.2 Å². The summed E-state index contributed by atoms with van der Waals surface area (Å²) in [7, 11) is 0. The van der Waals surface area contributed by atoms with Crippen molar-refractivity contribution in [3.63, 3.8) is 0 Å². The Morgan fingerprint density at radius 3 is 2.71 bits per heavy atom. The molecule has 0 amide bonds. The SMILES string of the molecule is Cc1noc(CCNc2nc(Cl)nc(N3CCCC3)n2)n1. The van der Waals surface area contributed by atoms with Crippen molar-refractivity contribution in [1.29, 1.82) is 0 Å². The highest BCUT2D eigenvalue weighted by molar-refractivity contribution is 6.28. The zero-order valence-electron chi connectivity index (χ0n) is 11.7. The number of halogens is 1. The second kappa shape index (κ2) is 6.21. The standard InChI is InChI=1S/C12H16ClN7O/c1-8-15-9(21-19-8)4-5-14-11-16-10(13)17-12(18-11)20-6-2-3-7-20/h2-7H2,1H3,(H,14,16,17,18). The molecule has 0 radical (unpaired) electrons.